The van der Waals surface area contributed by atoms with E-state index in [1.54, 1.807) is 9.13 Å². The van der Waals surface area contributed by atoms with E-state index in [2.05, 4.69) is 19.9 Å². The smallest absolute Gasteiger partial charge is 0.258 e. The molecule has 10 atom stereocenters. The van der Waals surface area contributed by atoms with Crippen molar-refractivity contribution in [3.05, 3.63) is 47.7 Å². The van der Waals surface area contributed by atoms with E-state index >= 15 is 0 Å². The SMILES string of the molecule is Nc1ncnc2c1ncn2[C@@H]1S[C@H](COP(O)(=S)[C@H]2CC23[C@H](O)[C@@H](CO)O[C@H]3n2ccc(=O)n3ccnc23)[C@@H](O)[C@H]1O. The number of aromatic nitrogens is 7. The molecule has 3 aliphatic rings. The second kappa shape index (κ2) is 10.0. The Morgan fingerprint density at radius 2 is 2.00 bits per heavy atom. The highest BCUT2D eigenvalue weighted by atomic mass is 32.5. The largest absolute Gasteiger partial charge is 0.394 e. The molecule has 1 aliphatic carbocycles. The van der Waals surface area contributed by atoms with Crippen molar-refractivity contribution in [2.75, 3.05) is 18.9 Å². The van der Waals surface area contributed by atoms with Crippen molar-refractivity contribution in [1.29, 1.82) is 0 Å². The highest BCUT2D eigenvalue weighted by Gasteiger charge is 2.74. The average Bonchev–Trinajstić information content (AvgIpc) is 3.26. The fourth-order valence-corrected chi connectivity index (χ4v) is 10.7. The maximum atomic E-state index is 12.3. The molecule has 3 fully saturated rings. The molecule has 42 heavy (non-hydrogen) atoms. The minimum Gasteiger partial charge on any atom is -0.394 e. The first-order chi connectivity index (χ1) is 20.1. The van der Waals surface area contributed by atoms with E-state index in [0.29, 0.717) is 11.2 Å². The Balaban J connectivity index is 1.12. The molecule has 0 aromatic carbocycles. The van der Waals surface area contributed by atoms with Gasteiger partial charge in [-0.1, -0.05) is 0 Å². The van der Waals surface area contributed by atoms with Crippen molar-refractivity contribution >= 4 is 52.8 Å². The zero-order valence-electron chi connectivity index (χ0n) is 21.6. The fraction of sp³-hybridized carbons (Fsp3) is 0.522. The van der Waals surface area contributed by atoms with Gasteiger partial charge in [-0.2, -0.15) is 0 Å². The van der Waals surface area contributed by atoms with E-state index in [0.717, 1.165) is 0 Å². The van der Waals surface area contributed by atoms with Gasteiger partial charge >= 0.3 is 0 Å². The van der Waals surface area contributed by atoms with Gasteiger partial charge in [0.15, 0.2) is 18.0 Å². The summed E-state index contributed by atoms with van der Waals surface area (Å²) in [6, 6.07) is 1.33. The van der Waals surface area contributed by atoms with E-state index in [1.165, 1.54) is 53.5 Å². The van der Waals surface area contributed by atoms with Crippen LogP contribution in [-0.4, -0.2) is 107 Å². The van der Waals surface area contributed by atoms with Crippen LogP contribution in [0.25, 0.3) is 16.9 Å². The van der Waals surface area contributed by atoms with Gasteiger partial charge < -0.3 is 40.3 Å². The van der Waals surface area contributed by atoms with Gasteiger partial charge in [0.25, 0.3) is 5.56 Å². The molecule has 16 nitrogen and oxygen atoms in total. The van der Waals surface area contributed by atoms with Gasteiger partial charge in [-0.3, -0.25) is 18.3 Å². The van der Waals surface area contributed by atoms with Crippen LogP contribution in [-0.2, 0) is 21.1 Å². The number of hydrogen-bond acceptors (Lipinski definition) is 14. The zero-order chi connectivity index (χ0) is 29.6. The van der Waals surface area contributed by atoms with Crippen LogP contribution in [0.3, 0.4) is 0 Å². The van der Waals surface area contributed by atoms with Crippen molar-refractivity contribution in [2.45, 2.75) is 53.3 Å². The van der Waals surface area contributed by atoms with Crippen molar-refractivity contribution in [2.24, 2.45) is 5.41 Å². The van der Waals surface area contributed by atoms with Crippen LogP contribution in [0.1, 0.15) is 18.0 Å². The number of imidazole rings is 2. The average molecular weight is 639 g/mol. The van der Waals surface area contributed by atoms with Gasteiger partial charge in [0.2, 0.25) is 5.78 Å². The molecule has 0 bridgehead atoms. The summed E-state index contributed by atoms with van der Waals surface area (Å²) in [4.78, 5) is 40.3. The van der Waals surface area contributed by atoms with E-state index in [4.69, 9.17) is 26.8 Å². The van der Waals surface area contributed by atoms with Crippen LogP contribution in [0.4, 0.5) is 5.82 Å². The Labute approximate surface area is 245 Å². The molecule has 1 spiro atoms. The minimum atomic E-state index is -3.63. The van der Waals surface area contributed by atoms with Crippen LogP contribution in [0.5, 0.6) is 0 Å². The number of thioether (sulfide) groups is 1. The predicted molar refractivity (Wildman–Crippen MR) is 152 cm³/mol. The number of hydrogen-bond donors (Lipinski definition) is 6. The minimum absolute atomic E-state index is 0.183. The van der Waals surface area contributed by atoms with E-state index in [-0.39, 0.29) is 30.2 Å². The molecular formula is C23H27N8O8PS2. The highest BCUT2D eigenvalue weighted by Crippen LogP contribution is 2.76. The number of nitrogen functional groups attached to an aromatic ring is 1. The topological polar surface area (TPSA) is 229 Å². The Kier molecular flexibility index (Phi) is 6.74. The number of aliphatic hydroxyl groups is 4. The first kappa shape index (κ1) is 28.3. The van der Waals surface area contributed by atoms with Crippen molar-refractivity contribution in [3.63, 3.8) is 0 Å². The molecule has 2 saturated heterocycles. The maximum absolute atomic E-state index is 12.3. The Bertz CT molecular complexity index is 1790. The molecule has 7 rings (SSSR count). The lowest BCUT2D eigenvalue weighted by molar-refractivity contribution is -0.0463. The van der Waals surface area contributed by atoms with E-state index in [9.17, 15) is 30.1 Å². The molecule has 6 heterocycles. The Morgan fingerprint density at radius 3 is 2.79 bits per heavy atom. The fourth-order valence-electron chi connectivity index (χ4n) is 6.16. The van der Waals surface area contributed by atoms with Crippen molar-refractivity contribution in [1.82, 2.24) is 33.5 Å². The Hall–Kier alpha value is -2.51. The van der Waals surface area contributed by atoms with E-state index < -0.39 is 65.4 Å². The predicted octanol–water partition coefficient (Wildman–Crippen LogP) is -1.42. The standard InChI is InChI=1S/C23H27N8O8PS2/c24-18-14-19(27-8-26-18)31(9-28-14)20-16(35)15(34)11(42-20)7-38-40(37,41)12-5-23(12)17(36)10(6-32)39-21(23)30-3-1-13(33)29-4-2-25-22(29)30/h1-4,8-12,15-17,20-21,32,34-36H,5-7H2,(H,37,41)(H2,24,26,27)/t10-,11-,12+,15-,16-,17-,20-,21-,23?,40?/m1/s1. The quantitative estimate of drug-likeness (QED) is 0.128. The van der Waals surface area contributed by atoms with Crippen LogP contribution in [0.15, 0.2) is 42.1 Å². The third-order valence-electron chi connectivity index (χ3n) is 8.39. The van der Waals surface area contributed by atoms with Crippen LogP contribution >= 0.6 is 18.3 Å². The summed E-state index contributed by atoms with van der Waals surface area (Å²) in [5.41, 5.74) is 4.51. The maximum Gasteiger partial charge on any atom is 0.258 e. The summed E-state index contributed by atoms with van der Waals surface area (Å²) in [5, 5.41) is 41.5. The Morgan fingerprint density at radius 1 is 1.19 bits per heavy atom. The lowest BCUT2D eigenvalue weighted by atomic mass is 9.96. The lowest BCUT2D eigenvalue weighted by Gasteiger charge is -2.27. The van der Waals surface area contributed by atoms with Gasteiger partial charge in [-0.25, -0.2) is 19.9 Å². The summed E-state index contributed by atoms with van der Waals surface area (Å²) in [7, 11) is 0. The third kappa shape index (κ3) is 4.09. The van der Waals surface area contributed by atoms with Gasteiger partial charge in [-0.15, -0.1) is 11.8 Å². The number of aliphatic hydroxyl groups excluding tert-OH is 4. The van der Waals surface area contributed by atoms with Crippen LogP contribution in [0, 0.1) is 5.41 Å². The molecule has 1 saturated carbocycles. The van der Waals surface area contributed by atoms with Gasteiger partial charge in [0.1, 0.15) is 35.7 Å². The number of nitrogens with zero attached hydrogens (tertiary/aromatic N) is 7. The summed E-state index contributed by atoms with van der Waals surface area (Å²) < 4.78 is 16.5. The number of anilines is 1. The summed E-state index contributed by atoms with van der Waals surface area (Å²) in [5.74, 6) is 0.450. The molecule has 224 valence electrons. The molecule has 4 aromatic rings. The van der Waals surface area contributed by atoms with Gasteiger partial charge in [0.05, 0.1) is 42.4 Å². The molecule has 0 radical (unpaired) electrons. The summed E-state index contributed by atoms with van der Waals surface area (Å²) in [6.07, 6.45) is 1.94. The number of rotatable bonds is 7. The highest BCUT2D eigenvalue weighted by molar-refractivity contribution is 8.10. The van der Waals surface area contributed by atoms with Gasteiger partial charge in [-0.05, 0) is 18.2 Å². The number of nitrogens with two attached hydrogens (primary N) is 1. The van der Waals surface area contributed by atoms with Crippen molar-refractivity contribution in [3.8, 4) is 0 Å². The molecule has 19 heteroatoms. The molecular weight excluding hydrogens is 611 g/mol. The zero-order valence-corrected chi connectivity index (χ0v) is 24.2. The molecule has 4 aromatic heterocycles. The van der Waals surface area contributed by atoms with Crippen LogP contribution < -0.4 is 11.3 Å². The third-order valence-corrected chi connectivity index (χ3v) is 13.0. The van der Waals surface area contributed by atoms with Gasteiger partial charge in [0, 0.05) is 30.3 Å². The van der Waals surface area contributed by atoms with Crippen molar-refractivity contribution < 1.29 is 34.6 Å². The normalized spacial score (nSPS) is 35.8. The molecule has 2 aliphatic heterocycles. The second-order valence-electron chi connectivity index (χ2n) is 10.6. The first-order valence-electron chi connectivity index (χ1n) is 13.0. The number of ether oxygens (including phenoxy) is 1. The van der Waals surface area contributed by atoms with E-state index in [1.807, 2.05) is 0 Å². The van der Waals surface area contributed by atoms with Crippen LogP contribution in [0.2, 0.25) is 0 Å². The summed E-state index contributed by atoms with van der Waals surface area (Å²) >= 11 is 6.81. The first-order valence-corrected chi connectivity index (χ1v) is 16.7. The second-order valence-corrected chi connectivity index (χ2v) is 15.6. The lowest BCUT2D eigenvalue weighted by Crippen LogP contribution is -2.34. The molecule has 7 N–H and O–H groups in total. The molecule has 2 unspecified atom stereocenters. The molecule has 0 amide bonds. The summed E-state index contributed by atoms with van der Waals surface area (Å²) in [6.45, 7) is -4.29. The number of fused-ring (bicyclic) bond motifs is 2. The monoisotopic (exact) mass is 638 g/mol.